The van der Waals surface area contributed by atoms with Gasteiger partial charge in [0.05, 0.1) is 0 Å². The number of aromatic nitrogens is 1. The molecule has 0 saturated carbocycles. The molecule has 0 spiro atoms. The number of nitrogens with zero attached hydrogens (tertiary/aromatic N) is 1. The Morgan fingerprint density at radius 1 is 1.30 bits per heavy atom. The molecule has 20 heavy (non-hydrogen) atoms. The third kappa shape index (κ3) is 3.45. The number of Topliss-reactive ketones (excluding diaryl/α,β-unsaturated/α-hetero) is 1. The first kappa shape index (κ1) is 14.3. The highest BCUT2D eigenvalue weighted by atomic mass is 16.5. The minimum atomic E-state index is 0.0420. The van der Waals surface area contributed by atoms with Crippen LogP contribution in [0.2, 0.25) is 0 Å². The van der Waals surface area contributed by atoms with Crippen LogP contribution >= 0.6 is 0 Å². The number of hydrogen-bond acceptors (Lipinski definition) is 5. The Kier molecular flexibility index (Phi) is 4.53. The first-order valence-corrected chi connectivity index (χ1v) is 6.28. The van der Waals surface area contributed by atoms with E-state index in [0.717, 1.165) is 11.3 Å². The second kappa shape index (κ2) is 6.34. The van der Waals surface area contributed by atoms with Crippen LogP contribution in [0.5, 0.6) is 5.75 Å². The summed E-state index contributed by atoms with van der Waals surface area (Å²) >= 11 is 0. The maximum absolute atomic E-state index is 11.3. The summed E-state index contributed by atoms with van der Waals surface area (Å²) in [4.78, 5) is 11.3. The van der Waals surface area contributed by atoms with Crippen LogP contribution in [-0.2, 0) is 18.0 Å². The van der Waals surface area contributed by atoms with Crippen molar-refractivity contribution < 1.29 is 18.8 Å². The quantitative estimate of drug-likeness (QED) is 0.758. The number of carbonyl (C=O) groups excluding carboxylic acids is 1. The molecule has 0 radical (unpaired) electrons. The number of carbonyl (C=O) groups is 1. The average molecular weight is 275 g/mol. The predicted octanol–water partition coefficient (Wildman–Crippen LogP) is 2.91. The zero-order chi connectivity index (χ0) is 14.5. The number of benzene rings is 1. The van der Waals surface area contributed by atoms with E-state index in [9.17, 15) is 4.79 Å². The lowest BCUT2D eigenvalue weighted by Gasteiger charge is -2.08. The van der Waals surface area contributed by atoms with Crippen LogP contribution in [0.15, 0.2) is 28.8 Å². The molecule has 1 aromatic heterocycles. The van der Waals surface area contributed by atoms with Gasteiger partial charge in [0, 0.05) is 18.7 Å². The van der Waals surface area contributed by atoms with Gasteiger partial charge in [-0.2, -0.15) is 0 Å². The molecule has 0 N–H and O–H groups in total. The number of hydrogen-bond donors (Lipinski definition) is 0. The van der Waals surface area contributed by atoms with Crippen molar-refractivity contribution in [3.63, 3.8) is 0 Å². The highest BCUT2D eigenvalue weighted by Crippen LogP contribution is 2.20. The van der Waals surface area contributed by atoms with Crippen LogP contribution in [0.1, 0.15) is 34.3 Å². The number of aryl methyl sites for hydroxylation is 1. The van der Waals surface area contributed by atoms with E-state index in [2.05, 4.69) is 5.16 Å². The van der Waals surface area contributed by atoms with Gasteiger partial charge in [-0.3, -0.25) is 4.79 Å². The first-order chi connectivity index (χ1) is 9.60. The predicted molar refractivity (Wildman–Crippen MR) is 72.7 cm³/mol. The molecule has 0 aliphatic heterocycles. The van der Waals surface area contributed by atoms with Crippen LogP contribution in [0, 0.1) is 6.92 Å². The number of ether oxygens (including phenoxy) is 2. The molecular formula is C15H17NO4. The molecule has 2 rings (SSSR count). The summed E-state index contributed by atoms with van der Waals surface area (Å²) in [6, 6.07) is 7.16. The van der Waals surface area contributed by atoms with Crippen LogP contribution in [0.3, 0.4) is 0 Å². The molecule has 0 fully saturated rings. The Morgan fingerprint density at radius 2 is 2.10 bits per heavy atom. The van der Waals surface area contributed by atoms with Crippen molar-refractivity contribution in [2.24, 2.45) is 0 Å². The Bertz CT molecular complexity index is 604. The van der Waals surface area contributed by atoms with E-state index in [1.807, 2.05) is 13.0 Å². The molecule has 1 heterocycles. The highest BCUT2D eigenvalue weighted by Gasteiger charge is 2.07. The monoisotopic (exact) mass is 275 g/mol. The minimum absolute atomic E-state index is 0.0420. The van der Waals surface area contributed by atoms with Gasteiger partial charge in [-0.05, 0) is 37.6 Å². The van der Waals surface area contributed by atoms with E-state index in [1.54, 1.807) is 32.2 Å². The lowest BCUT2D eigenvalue weighted by molar-refractivity contribution is 0.101. The lowest BCUT2D eigenvalue weighted by Crippen LogP contribution is -1.99. The summed E-state index contributed by atoms with van der Waals surface area (Å²) in [6.07, 6.45) is 0. The van der Waals surface area contributed by atoms with E-state index >= 15 is 0 Å². The Morgan fingerprint density at radius 3 is 2.75 bits per heavy atom. The summed E-state index contributed by atoms with van der Waals surface area (Å²) in [6.45, 7) is 4.15. The van der Waals surface area contributed by atoms with E-state index in [-0.39, 0.29) is 5.78 Å². The zero-order valence-corrected chi connectivity index (χ0v) is 11.8. The topological polar surface area (TPSA) is 61.6 Å². The van der Waals surface area contributed by atoms with Crippen LogP contribution in [0.25, 0.3) is 0 Å². The van der Waals surface area contributed by atoms with Gasteiger partial charge >= 0.3 is 0 Å². The average Bonchev–Trinajstić information content (AvgIpc) is 2.85. The van der Waals surface area contributed by atoms with Crippen molar-refractivity contribution in [1.29, 1.82) is 0 Å². The fraction of sp³-hybridized carbons (Fsp3) is 0.333. The second-order valence-electron chi connectivity index (χ2n) is 4.54. The minimum Gasteiger partial charge on any atom is -0.487 e. The van der Waals surface area contributed by atoms with Crippen molar-refractivity contribution in [2.75, 3.05) is 7.11 Å². The Balaban J connectivity index is 2.01. The molecule has 5 heteroatoms. The van der Waals surface area contributed by atoms with Crippen LogP contribution in [-0.4, -0.2) is 18.0 Å². The molecular weight excluding hydrogens is 258 g/mol. The molecule has 0 saturated heterocycles. The SMILES string of the molecule is COCc1cc(COc2ccc(C(C)=O)cc2C)no1. The standard InChI is InChI=1S/C15H17NO4/c1-10-6-12(11(2)17)4-5-15(10)19-8-13-7-14(9-18-3)20-16-13/h4-7H,8-9H2,1-3H3. The summed E-state index contributed by atoms with van der Waals surface area (Å²) < 4.78 is 15.7. The van der Waals surface area contributed by atoms with Gasteiger partial charge in [0.15, 0.2) is 11.5 Å². The zero-order valence-electron chi connectivity index (χ0n) is 11.8. The normalized spacial score (nSPS) is 10.6. The van der Waals surface area contributed by atoms with E-state index in [4.69, 9.17) is 14.0 Å². The summed E-state index contributed by atoms with van der Waals surface area (Å²) in [7, 11) is 1.60. The Hall–Kier alpha value is -2.14. The van der Waals surface area contributed by atoms with E-state index in [0.29, 0.717) is 30.2 Å². The fourth-order valence-electron chi connectivity index (χ4n) is 1.82. The van der Waals surface area contributed by atoms with Crippen molar-refractivity contribution in [1.82, 2.24) is 5.16 Å². The number of ketones is 1. The van der Waals surface area contributed by atoms with Crippen LogP contribution in [0.4, 0.5) is 0 Å². The number of methoxy groups -OCH3 is 1. The molecule has 1 aromatic carbocycles. The molecule has 0 aliphatic carbocycles. The molecule has 0 amide bonds. The molecule has 0 atom stereocenters. The van der Waals surface area contributed by atoms with Gasteiger partial charge in [-0.25, -0.2) is 0 Å². The fourth-order valence-corrected chi connectivity index (χ4v) is 1.82. The Labute approximate surface area is 117 Å². The summed E-state index contributed by atoms with van der Waals surface area (Å²) in [5.74, 6) is 1.43. The van der Waals surface area contributed by atoms with E-state index in [1.165, 1.54) is 0 Å². The summed E-state index contributed by atoms with van der Waals surface area (Å²) in [5, 5.41) is 3.89. The van der Waals surface area contributed by atoms with Gasteiger partial charge < -0.3 is 14.0 Å². The molecule has 0 unspecified atom stereocenters. The van der Waals surface area contributed by atoms with Crippen LogP contribution < -0.4 is 4.74 Å². The van der Waals surface area contributed by atoms with Gasteiger partial charge in [-0.15, -0.1) is 0 Å². The highest BCUT2D eigenvalue weighted by molar-refractivity contribution is 5.94. The molecule has 2 aromatic rings. The molecule has 5 nitrogen and oxygen atoms in total. The van der Waals surface area contributed by atoms with Gasteiger partial charge in [0.1, 0.15) is 24.7 Å². The molecule has 0 bridgehead atoms. The van der Waals surface area contributed by atoms with Gasteiger partial charge in [0.25, 0.3) is 0 Å². The molecule has 106 valence electrons. The largest absolute Gasteiger partial charge is 0.487 e. The van der Waals surface area contributed by atoms with Crippen molar-refractivity contribution in [2.45, 2.75) is 27.1 Å². The van der Waals surface area contributed by atoms with Gasteiger partial charge in [-0.1, -0.05) is 5.16 Å². The first-order valence-electron chi connectivity index (χ1n) is 6.28. The summed E-state index contributed by atoms with van der Waals surface area (Å²) in [5.41, 5.74) is 2.30. The second-order valence-corrected chi connectivity index (χ2v) is 4.54. The smallest absolute Gasteiger partial charge is 0.162 e. The van der Waals surface area contributed by atoms with Gasteiger partial charge in [0.2, 0.25) is 0 Å². The van der Waals surface area contributed by atoms with E-state index < -0.39 is 0 Å². The third-order valence-corrected chi connectivity index (χ3v) is 2.85. The number of rotatable bonds is 6. The van der Waals surface area contributed by atoms with Crippen molar-refractivity contribution in [3.05, 3.63) is 46.8 Å². The maximum Gasteiger partial charge on any atom is 0.162 e. The van der Waals surface area contributed by atoms with Crippen molar-refractivity contribution >= 4 is 5.78 Å². The molecule has 0 aliphatic rings. The van der Waals surface area contributed by atoms with Crippen molar-refractivity contribution in [3.8, 4) is 5.75 Å². The third-order valence-electron chi connectivity index (χ3n) is 2.85. The maximum atomic E-state index is 11.3. The lowest BCUT2D eigenvalue weighted by atomic mass is 10.1.